The van der Waals surface area contributed by atoms with E-state index >= 15 is 0 Å². The summed E-state index contributed by atoms with van der Waals surface area (Å²) in [5.74, 6) is 1.73. The van der Waals surface area contributed by atoms with Gasteiger partial charge in [-0.1, -0.05) is 18.2 Å². The van der Waals surface area contributed by atoms with Crippen LogP contribution in [0.5, 0.6) is 5.75 Å². The normalized spacial score (nSPS) is 20.1. The van der Waals surface area contributed by atoms with Crippen LogP contribution in [0.3, 0.4) is 0 Å². The Balaban J connectivity index is 0.00000364. The third-order valence-corrected chi connectivity index (χ3v) is 4.56. The summed E-state index contributed by atoms with van der Waals surface area (Å²) in [6.45, 7) is 5.01. The number of hydrogen-bond donors (Lipinski definition) is 3. The quantitative estimate of drug-likeness (QED) is 0.297. The molecule has 0 aromatic heterocycles. The summed E-state index contributed by atoms with van der Waals surface area (Å²) in [6.07, 6.45) is 3.55. The van der Waals surface area contributed by atoms with Crippen LogP contribution in [0.15, 0.2) is 29.3 Å². The number of aliphatic hydroxyl groups excluding tert-OH is 1. The summed E-state index contributed by atoms with van der Waals surface area (Å²) in [7, 11) is 4.08. The lowest BCUT2D eigenvalue weighted by atomic mass is 9.93. The minimum atomic E-state index is -0.140. The van der Waals surface area contributed by atoms with E-state index in [0.29, 0.717) is 19.2 Å². The van der Waals surface area contributed by atoms with Crippen LogP contribution in [0.4, 0.5) is 0 Å². The molecule has 1 aromatic carbocycles. The van der Waals surface area contributed by atoms with E-state index in [9.17, 15) is 5.11 Å². The van der Waals surface area contributed by atoms with Gasteiger partial charge in [-0.05, 0) is 52.8 Å². The Labute approximate surface area is 180 Å². The largest absolute Gasteiger partial charge is 0.492 e. The van der Waals surface area contributed by atoms with Crippen molar-refractivity contribution in [2.24, 2.45) is 4.99 Å². The molecule has 0 bridgehead atoms. The first-order valence-corrected chi connectivity index (χ1v) is 9.66. The van der Waals surface area contributed by atoms with Crippen molar-refractivity contribution in [1.29, 1.82) is 0 Å². The van der Waals surface area contributed by atoms with E-state index in [1.165, 1.54) is 0 Å². The van der Waals surface area contributed by atoms with Crippen molar-refractivity contribution in [3.63, 3.8) is 0 Å². The first-order chi connectivity index (χ1) is 12.6. The number of nitrogens with one attached hydrogen (secondary N) is 2. The molecule has 27 heavy (non-hydrogen) atoms. The number of para-hydroxylation sites is 1. The van der Waals surface area contributed by atoms with Crippen molar-refractivity contribution < 1.29 is 9.84 Å². The number of benzene rings is 1. The lowest BCUT2D eigenvalue weighted by molar-refractivity contribution is 0.120. The number of guanidine groups is 1. The van der Waals surface area contributed by atoms with Gasteiger partial charge < -0.3 is 25.4 Å². The maximum atomic E-state index is 9.66. The predicted molar refractivity (Wildman–Crippen MR) is 122 cm³/mol. The van der Waals surface area contributed by atoms with Crippen LogP contribution in [0, 0.1) is 0 Å². The summed E-state index contributed by atoms with van der Waals surface area (Å²) in [4.78, 5) is 6.85. The molecule has 1 aliphatic carbocycles. The fourth-order valence-corrected chi connectivity index (χ4v) is 3.01. The minimum absolute atomic E-state index is 0. The van der Waals surface area contributed by atoms with Crippen LogP contribution in [-0.4, -0.2) is 61.9 Å². The average molecular weight is 490 g/mol. The van der Waals surface area contributed by atoms with Crippen molar-refractivity contribution in [2.45, 2.75) is 51.3 Å². The first-order valence-electron chi connectivity index (χ1n) is 9.66. The molecule has 1 aromatic rings. The molecule has 6 nitrogen and oxygen atoms in total. The first kappa shape index (κ1) is 24.0. The number of hydrogen-bond acceptors (Lipinski definition) is 4. The van der Waals surface area contributed by atoms with Crippen LogP contribution in [0.1, 0.15) is 38.2 Å². The fraction of sp³-hybridized carbons (Fsp3) is 0.650. The van der Waals surface area contributed by atoms with Crippen molar-refractivity contribution in [1.82, 2.24) is 15.5 Å². The van der Waals surface area contributed by atoms with Gasteiger partial charge >= 0.3 is 0 Å². The van der Waals surface area contributed by atoms with Crippen molar-refractivity contribution >= 4 is 29.9 Å². The Kier molecular flexibility index (Phi) is 11.7. The van der Waals surface area contributed by atoms with Crippen LogP contribution in [-0.2, 0) is 6.54 Å². The predicted octanol–water partition coefficient (Wildman–Crippen LogP) is 2.60. The molecule has 0 amide bonds. The van der Waals surface area contributed by atoms with Crippen LogP contribution in [0.2, 0.25) is 0 Å². The number of aliphatic imine (C=N–C) groups is 1. The van der Waals surface area contributed by atoms with Gasteiger partial charge in [-0.25, -0.2) is 4.99 Å². The molecule has 0 unspecified atom stereocenters. The zero-order valence-electron chi connectivity index (χ0n) is 16.8. The standard InChI is InChI=1S/C20H34N4O2.HI/c1-4-21-20(23-17-9-11-18(25)12-10-17)22-15-16-7-5-6-8-19(16)26-14-13-24(2)3;/h5-8,17-18,25H,4,9-15H2,1-3H3,(H2,21,22,23);1H. The molecule has 7 heteroatoms. The molecule has 154 valence electrons. The van der Waals surface area contributed by atoms with Crippen LogP contribution in [0.25, 0.3) is 0 Å². The van der Waals surface area contributed by atoms with Gasteiger partial charge in [-0.2, -0.15) is 0 Å². The molecule has 0 saturated heterocycles. The van der Waals surface area contributed by atoms with E-state index in [1.807, 2.05) is 32.3 Å². The Morgan fingerprint density at radius 1 is 1.22 bits per heavy atom. The number of nitrogens with zero attached hydrogens (tertiary/aromatic N) is 2. The van der Waals surface area contributed by atoms with Gasteiger partial charge in [0.1, 0.15) is 12.4 Å². The van der Waals surface area contributed by atoms with Gasteiger partial charge in [0.2, 0.25) is 0 Å². The van der Waals surface area contributed by atoms with Gasteiger partial charge in [-0.3, -0.25) is 0 Å². The van der Waals surface area contributed by atoms with E-state index in [2.05, 4.69) is 28.5 Å². The second-order valence-corrected chi connectivity index (χ2v) is 7.10. The monoisotopic (exact) mass is 490 g/mol. The number of likely N-dealkylation sites (N-methyl/N-ethyl adjacent to an activating group) is 1. The molecule has 0 heterocycles. The van der Waals surface area contributed by atoms with Gasteiger partial charge in [0.05, 0.1) is 12.6 Å². The zero-order chi connectivity index (χ0) is 18.8. The molecular weight excluding hydrogens is 455 g/mol. The number of aliphatic hydroxyl groups is 1. The van der Waals surface area contributed by atoms with Gasteiger partial charge in [-0.15, -0.1) is 24.0 Å². The van der Waals surface area contributed by atoms with E-state index in [4.69, 9.17) is 9.73 Å². The van der Waals surface area contributed by atoms with Crippen molar-refractivity contribution in [2.75, 3.05) is 33.8 Å². The maximum absolute atomic E-state index is 9.66. The lowest BCUT2D eigenvalue weighted by Gasteiger charge is -2.27. The van der Waals surface area contributed by atoms with E-state index in [0.717, 1.165) is 56.0 Å². The number of ether oxygens (including phenoxy) is 1. The molecule has 3 N–H and O–H groups in total. The molecular formula is C20H35IN4O2. The van der Waals surface area contributed by atoms with Gasteiger partial charge in [0.15, 0.2) is 5.96 Å². The third-order valence-electron chi connectivity index (χ3n) is 4.56. The summed E-state index contributed by atoms with van der Waals surface area (Å²) in [5, 5.41) is 16.5. The summed E-state index contributed by atoms with van der Waals surface area (Å²) < 4.78 is 5.92. The van der Waals surface area contributed by atoms with E-state index < -0.39 is 0 Å². The smallest absolute Gasteiger partial charge is 0.191 e. The highest BCUT2D eigenvalue weighted by molar-refractivity contribution is 14.0. The Morgan fingerprint density at radius 2 is 1.93 bits per heavy atom. The molecule has 0 aliphatic heterocycles. The highest BCUT2D eigenvalue weighted by Gasteiger charge is 2.20. The highest BCUT2D eigenvalue weighted by Crippen LogP contribution is 2.20. The Hall–Kier alpha value is -1.06. The maximum Gasteiger partial charge on any atom is 0.191 e. The Bertz CT molecular complexity index is 561. The molecule has 0 radical (unpaired) electrons. The second kappa shape index (κ2) is 13.2. The second-order valence-electron chi connectivity index (χ2n) is 7.10. The van der Waals surface area contributed by atoms with Crippen LogP contribution >= 0.6 is 24.0 Å². The minimum Gasteiger partial charge on any atom is -0.492 e. The summed E-state index contributed by atoms with van der Waals surface area (Å²) in [5.41, 5.74) is 1.09. The highest BCUT2D eigenvalue weighted by atomic mass is 127. The topological polar surface area (TPSA) is 69.1 Å². The molecule has 1 aliphatic rings. The van der Waals surface area contributed by atoms with E-state index in [1.54, 1.807) is 0 Å². The van der Waals surface area contributed by atoms with Crippen molar-refractivity contribution in [3.8, 4) is 5.75 Å². The summed E-state index contributed by atoms with van der Waals surface area (Å²) in [6, 6.07) is 8.46. The SMILES string of the molecule is CCNC(=NCc1ccccc1OCCN(C)C)NC1CCC(O)CC1.I. The fourth-order valence-electron chi connectivity index (χ4n) is 3.01. The average Bonchev–Trinajstić information content (AvgIpc) is 2.62. The number of halogens is 1. The van der Waals surface area contributed by atoms with Gasteiger partial charge in [0, 0.05) is 24.7 Å². The third kappa shape index (κ3) is 9.12. The summed E-state index contributed by atoms with van der Waals surface area (Å²) >= 11 is 0. The van der Waals surface area contributed by atoms with Gasteiger partial charge in [0.25, 0.3) is 0 Å². The molecule has 0 atom stereocenters. The van der Waals surface area contributed by atoms with E-state index in [-0.39, 0.29) is 30.1 Å². The molecule has 1 saturated carbocycles. The molecule has 2 rings (SSSR count). The molecule has 1 fully saturated rings. The Morgan fingerprint density at radius 3 is 2.59 bits per heavy atom. The zero-order valence-corrected chi connectivity index (χ0v) is 19.1. The van der Waals surface area contributed by atoms with Crippen LogP contribution < -0.4 is 15.4 Å². The van der Waals surface area contributed by atoms with Crippen molar-refractivity contribution in [3.05, 3.63) is 29.8 Å². The number of rotatable bonds is 8. The lowest BCUT2D eigenvalue weighted by Crippen LogP contribution is -2.45. The molecule has 0 spiro atoms.